The molecule has 0 aliphatic carbocycles. The number of rotatable bonds is 3. The number of nitrogens with zero attached hydrogens (tertiary/aromatic N) is 1. The van der Waals surface area contributed by atoms with Crippen LogP contribution in [0.1, 0.15) is 12.8 Å². The lowest BCUT2D eigenvalue weighted by Gasteiger charge is -2.10. The van der Waals surface area contributed by atoms with Gasteiger partial charge in [0.15, 0.2) is 0 Å². The fraction of sp³-hybridized carbons (Fsp3) is 0.500. The summed E-state index contributed by atoms with van der Waals surface area (Å²) in [4.78, 5) is 4.04. The lowest BCUT2D eigenvalue weighted by Crippen LogP contribution is -2.13. The second-order valence-electron chi connectivity index (χ2n) is 3.52. The zero-order valence-corrected chi connectivity index (χ0v) is 8.89. The summed E-state index contributed by atoms with van der Waals surface area (Å²) in [6.07, 6.45) is 6.16. The SMILES string of the molecule is Nc1cncc(NCC2CCCS2)c1. The molecule has 1 aromatic rings. The van der Waals surface area contributed by atoms with Gasteiger partial charge in [0.05, 0.1) is 17.6 Å². The van der Waals surface area contributed by atoms with E-state index in [1.807, 2.05) is 12.3 Å². The Bertz CT molecular complexity index is 297. The van der Waals surface area contributed by atoms with Crippen LogP contribution in [0.5, 0.6) is 0 Å². The normalized spacial score (nSPS) is 21.0. The van der Waals surface area contributed by atoms with Gasteiger partial charge in [-0.15, -0.1) is 0 Å². The molecule has 1 saturated heterocycles. The summed E-state index contributed by atoms with van der Waals surface area (Å²) in [5, 5.41) is 4.12. The van der Waals surface area contributed by atoms with Gasteiger partial charge in [-0.05, 0) is 24.7 Å². The highest BCUT2D eigenvalue weighted by molar-refractivity contribution is 8.00. The molecule has 0 aromatic carbocycles. The molecule has 1 unspecified atom stereocenters. The molecule has 14 heavy (non-hydrogen) atoms. The molecule has 2 heterocycles. The molecule has 1 aromatic heterocycles. The molecule has 0 amide bonds. The Morgan fingerprint density at radius 3 is 3.21 bits per heavy atom. The van der Waals surface area contributed by atoms with Crippen LogP contribution < -0.4 is 11.1 Å². The summed E-state index contributed by atoms with van der Waals surface area (Å²) in [6, 6.07) is 1.92. The van der Waals surface area contributed by atoms with Crippen molar-refractivity contribution in [2.75, 3.05) is 23.3 Å². The van der Waals surface area contributed by atoms with Gasteiger partial charge in [0.25, 0.3) is 0 Å². The molecular weight excluding hydrogens is 194 g/mol. The van der Waals surface area contributed by atoms with Crippen molar-refractivity contribution in [1.29, 1.82) is 0 Å². The summed E-state index contributed by atoms with van der Waals surface area (Å²) in [5.41, 5.74) is 7.38. The van der Waals surface area contributed by atoms with Crippen molar-refractivity contribution >= 4 is 23.1 Å². The topological polar surface area (TPSA) is 50.9 Å². The van der Waals surface area contributed by atoms with E-state index in [9.17, 15) is 0 Å². The summed E-state index contributed by atoms with van der Waals surface area (Å²) in [7, 11) is 0. The Labute approximate surface area is 88.5 Å². The Hall–Kier alpha value is -0.900. The smallest absolute Gasteiger partial charge is 0.0547 e. The molecule has 0 radical (unpaired) electrons. The average Bonchev–Trinajstić information content (AvgIpc) is 2.67. The maximum atomic E-state index is 5.63. The van der Waals surface area contributed by atoms with Crippen LogP contribution in [-0.2, 0) is 0 Å². The Kier molecular flexibility index (Phi) is 3.14. The number of nitrogens with one attached hydrogen (secondary N) is 1. The third-order valence-electron chi connectivity index (χ3n) is 2.32. The molecule has 3 nitrogen and oxygen atoms in total. The fourth-order valence-corrected chi connectivity index (χ4v) is 2.79. The van der Waals surface area contributed by atoms with Crippen LogP contribution in [0.15, 0.2) is 18.5 Å². The molecule has 76 valence electrons. The first-order chi connectivity index (χ1) is 6.84. The predicted molar refractivity (Wildman–Crippen MR) is 62.6 cm³/mol. The van der Waals surface area contributed by atoms with Crippen LogP contribution in [0, 0.1) is 0 Å². The van der Waals surface area contributed by atoms with E-state index in [0.29, 0.717) is 5.69 Å². The van der Waals surface area contributed by atoms with Crippen molar-refractivity contribution in [2.24, 2.45) is 0 Å². The number of anilines is 2. The van der Waals surface area contributed by atoms with E-state index in [1.54, 1.807) is 6.20 Å². The van der Waals surface area contributed by atoms with Crippen molar-refractivity contribution < 1.29 is 0 Å². The lowest BCUT2D eigenvalue weighted by atomic mass is 10.2. The fourth-order valence-electron chi connectivity index (χ4n) is 1.59. The second kappa shape index (κ2) is 4.55. The minimum Gasteiger partial charge on any atom is -0.397 e. The average molecular weight is 209 g/mol. The highest BCUT2D eigenvalue weighted by Gasteiger charge is 2.14. The molecule has 1 aliphatic heterocycles. The van der Waals surface area contributed by atoms with Gasteiger partial charge in [-0.2, -0.15) is 11.8 Å². The number of thioether (sulfide) groups is 1. The first-order valence-corrected chi connectivity index (χ1v) is 5.95. The second-order valence-corrected chi connectivity index (χ2v) is 4.93. The molecule has 1 aliphatic rings. The summed E-state index contributed by atoms with van der Waals surface area (Å²) < 4.78 is 0. The summed E-state index contributed by atoms with van der Waals surface area (Å²) in [6.45, 7) is 1.02. The molecule has 0 bridgehead atoms. The largest absolute Gasteiger partial charge is 0.397 e. The molecule has 0 spiro atoms. The molecule has 4 heteroatoms. The third kappa shape index (κ3) is 2.54. The Morgan fingerprint density at radius 1 is 1.57 bits per heavy atom. The highest BCUT2D eigenvalue weighted by atomic mass is 32.2. The zero-order chi connectivity index (χ0) is 9.80. The minimum atomic E-state index is 0.717. The van der Waals surface area contributed by atoms with Crippen LogP contribution in [0.2, 0.25) is 0 Å². The summed E-state index contributed by atoms with van der Waals surface area (Å²) in [5.74, 6) is 1.31. The van der Waals surface area contributed by atoms with Gasteiger partial charge in [0.2, 0.25) is 0 Å². The third-order valence-corrected chi connectivity index (χ3v) is 3.72. The van der Waals surface area contributed by atoms with Gasteiger partial charge in [0, 0.05) is 18.0 Å². The van der Waals surface area contributed by atoms with E-state index < -0.39 is 0 Å². The highest BCUT2D eigenvalue weighted by Crippen LogP contribution is 2.26. The van der Waals surface area contributed by atoms with Gasteiger partial charge in [-0.25, -0.2) is 0 Å². The quantitative estimate of drug-likeness (QED) is 0.799. The van der Waals surface area contributed by atoms with Crippen molar-refractivity contribution in [1.82, 2.24) is 4.98 Å². The summed E-state index contributed by atoms with van der Waals surface area (Å²) >= 11 is 2.05. The maximum absolute atomic E-state index is 5.63. The Balaban J connectivity index is 1.85. The molecule has 2 rings (SSSR count). The van der Waals surface area contributed by atoms with Crippen LogP contribution in [0.3, 0.4) is 0 Å². The monoisotopic (exact) mass is 209 g/mol. The van der Waals surface area contributed by atoms with Crippen molar-refractivity contribution in [3.05, 3.63) is 18.5 Å². The number of pyridine rings is 1. The minimum absolute atomic E-state index is 0.717. The molecule has 0 saturated carbocycles. The number of hydrogen-bond acceptors (Lipinski definition) is 4. The van der Waals surface area contributed by atoms with E-state index in [1.165, 1.54) is 18.6 Å². The van der Waals surface area contributed by atoms with E-state index in [0.717, 1.165) is 17.5 Å². The van der Waals surface area contributed by atoms with Crippen molar-refractivity contribution in [3.8, 4) is 0 Å². The standard InChI is InChI=1S/C10H15N3S/c11-8-4-9(6-12-5-8)13-7-10-2-1-3-14-10/h4-6,10,13H,1-3,7,11H2. The van der Waals surface area contributed by atoms with Crippen LogP contribution in [-0.4, -0.2) is 22.5 Å². The van der Waals surface area contributed by atoms with Crippen molar-refractivity contribution in [3.63, 3.8) is 0 Å². The van der Waals surface area contributed by atoms with Crippen molar-refractivity contribution in [2.45, 2.75) is 18.1 Å². The Morgan fingerprint density at radius 2 is 2.50 bits per heavy atom. The van der Waals surface area contributed by atoms with E-state index in [-0.39, 0.29) is 0 Å². The lowest BCUT2D eigenvalue weighted by molar-refractivity contribution is 0.805. The van der Waals surface area contributed by atoms with Gasteiger partial charge >= 0.3 is 0 Å². The van der Waals surface area contributed by atoms with E-state index in [2.05, 4.69) is 22.1 Å². The van der Waals surface area contributed by atoms with Crippen LogP contribution >= 0.6 is 11.8 Å². The first-order valence-electron chi connectivity index (χ1n) is 4.90. The van der Waals surface area contributed by atoms with E-state index >= 15 is 0 Å². The molecule has 1 fully saturated rings. The number of nitrogen functional groups attached to an aromatic ring is 1. The number of nitrogens with two attached hydrogens (primary N) is 1. The maximum Gasteiger partial charge on any atom is 0.0547 e. The molecule has 1 atom stereocenters. The first kappa shape index (κ1) is 9.65. The van der Waals surface area contributed by atoms with Crippen LogP contribution in [0.25, 0.3) is 0 Å². The zero-order valence-electron chi connectivity index (χ0n) is 8.07. The van der Waals surface area contributed by atoms with Gasteiger partial charge < -0.3 is 11.1 Å². The van der Waals surface area contributed by atoms with Gasteiger partial charge in [0.1, 0.15) is 0 Å². The number of hydrogen-bond donors (Lipinski definition) is 2. The van der Waals surface area contributed by atoms with E-state index in [4.69, 9.17) is 5.73 Å². The molecule has 3 N–H and O–H groups in total. The van der Waals surface area contributed by atoms with Gasteiger partial charge in [-0.1, -0.05) is 0 Å². The van der Waals surface area contributed by atoms with Crippen LogP contribution in [0.4, 0.5) is 11.4 Å². The number of aromatic nitrogens is 1. The predicted octanol–water partition coefficient (Wildman–Crippen LogP) is 1.97. The molecular formula is C10H15N3S. The van der Waals surface area contributed by atoms with Gasteiger partial charge in [-0.3, -0.25) is 4.98 Å².